The van der Waals surface area contributed by atoms with E-state index in [2.05, 4.69) is 4.99 Å². The number of aliphatic imine (C=N–C) groups is 1. The third-order valence-electron chi connectivity index (χ3n) is 4.03. The molecule has 0 unspecified atom stereocenters. The lowest BCUT2D eigenvalue weighted by atomic mass is 10.1. The Morgan fingerprint density at radius 1 is 1.22 bits per heavy atom. The van der Waals surface area contributed by atoms with Crippen molar-refractivity contribution in [2.45, 2.75) is 6.92 Å². The second-order valence-electron chi connectivity index (χ2n) is 5.91. The molecule has 6 heteroatoms. The lowest BCUT2D eigenvalue weighted by molar-refractivity contribution is 0.100. The molecule has 1 aromatic heterocycles. The van der Waals surface area contributed by atoms with Crippen LogP contribution < -0.4 is 4.74 Å². The molecule has 0 bridgehead atoms. The first-order valence-corrected chi connectivity index (χ1v) is 8.62. The zero-order valence-electron chi connectivity index (χ0n) is 14.9. The Balaban J connectivity index is 1.71. The number of phenols is 1. The molecule has 3 aromatic rings. The Bertz CT molecular complexity index is 990. The standard InChI is InChI=1S/C21H18ClNO4/c1-13-17(10-21(27-13)15-4-6-16(22)7-5-15)19(25)12-23-11-14-3-8-20(26-2)18(24)9-14/h3-11,24H,12H2,1-2H3. The van der Waals surface area contributed by atoms with Gasteiger partial charge >= 0.3 is 0 Å². The third-order valence-corrected chi connectivity index (χ3v) is 4.28. The Hall–Kier alpha value is -3.05. The van der Waals surface area contributed by atoms with Crippen LogP contribution in [0, 0.1) is 6.92 Å². The minimum Gasteiger partial charge on any atom is -0.504 e. The van der Waals surface area contributed by atoms with Crippen molar-refractivity contribution >= 4 is 23.6 Å². The first-order chi connectivity index (χ1) is 13.0. The van der Waals surface area contributed by atoms with E-state index >= 15 is 0 Å². The molecule has 3 rings (SSSR count). The summed E-state index contributed by atoms with van der Waals surface area (Å²) >= 11 is 5.90. The van der Waals surface area contributed by atoms with Crippen LogP contribution in [0.25, 0.3) is 11.3 Å². The van der Waals surface area contributed by atoms with Gasteiger partial charge in [0.15, 0.2) is 17.3 Å². The summed E-state index contributed by atoms with van der Waals surface area (Å²) in [5.74, 6) is 1.40. The lowest BCUT2D eigenvalue weighted by Gasteiger charge is -2.02. The van der Waals surface area contributed by atoms with Gasteiger partial charge in [-0.25, -0.2) is 0 Å². The van der Waals surface area contributed by atoms with Crippen LogP contribution in [-0.2, 0) is 0 Å². The summed E-state index contributed by atoms with van der Waals surface area (Å²) in [5.41, 5.74) is 2.01. The summed E-state index contributed by atoms with van der Waals surface area (Å²) in [4.78, 5) is 16.6. The van der Waals surface area contributed by atoms with E-state index < -0.39 is 0 Å². The number of furan rings is 1. The number of ketones is 1. The molecule has 0 spiro atoms. The van der Waals surface area contributed by atoms with Gasteiger partial charge in [0.1, 0.15) is 18.1 Å². The third kappa shape index (κ3) is 4.38. The molecule has 0 aliphatic heterocycles. The van der Waals surface area contributed by atoms with Gasteiger partial charge in [0, 0.05) is 16.8 Å². The summed E-state index contributed by atoms with van der Waals surface area (Å²) in [6, 6.07) is 13.8. The Kier molecular flexibility index (Phi) is 5.62. The van der Waals surface area contributed by atoms with Crippen molar-refractivity contribution in [1.82, 2.24) is 0 Å². The Morgan fingerprint density at radius 3 is 2.63 bits per heavy atom. The minimum absolute atomic E-state index is 0.0195. The Labute approximate surface area is 161 Å². The molecule has 1 N–H and O–H groups in total. The zero-order chi connectivity index (χ0) is 19.4. The van der Waals surface area contributed by atoms with Crippen LogP contribution in [0.2, 0.25) is 5.02 Å². The van der Waals surface area contributed by atoms with E-state index in [-0.39, 0.29) is 18.1 Å². The first-order valence-electron chi connectivity index (χ1n) is 8.24. The molecule has 0 saturated heterocycles. The first kappa shape index (κ1) is 18.7. The van der Waals surface area contributed by atoms with Crippen LogP contribution in [0.15, 0.2) is 57.9 Å². The molecule has 2 aromatic carbocycles. The van der Waals surface area contributed by atoms with Crippen LogP contribution in [0.1, 0.15) is 21.7 Å². The number of hydrogen-bond donors (Lipinski definition) is 1. The number of nitrogens with zero attached hydrogens (tertiary/aromatic N) is 1. The monoisotopic (exact) mass is 383 g/mol. The van der Waals surface area contributed by atoms with Crippen molar-refractivity contribution in [2.24, 2.45) is 4.99 Å². The number of Topliss-reactive ketones (excluding diaryl/α,β-unsaturated/α-hetero) is 1. The molecule has 27 heavy (non-hydrogen) atoms. The van der Waals surface area contributed by atoms with Gasteiger partial charge in [0.25, 0.3) is 0 Å². The van der Waals surface area contributed by atoms with E-state index in [1.165, 1.54) is 19.4 Å². The molecular weight excluding hydrogens is 366 g/mol. The maximum atomic E-state index is 12.5. The number of hydrogen-bond acceptors (Lipinski definition) is 5. The van der Waals surface area contributed by atoms with Crippen LogP contribution in [0.3, 0.4) is 0 Å². The van der Waals surface area contributed by atoms with E-state index in [1.54, 1.807) is 37.3 Å². The quantitative estimate of drug-likeness (QED) is 0.484. The average Bonchev–Trinajstić information content (AvgIpc) is 3.04. The number of carbonyl (C=O) groups is 1. The predicted molar refractivity (Wildman–Crippen MR) is 105 cm³/mol. The summed E-state index contributed by atoms with van der Waals surface area (Å²) in [7, 11) is 1.48. The number of methoxy groups -OCH3 is 1. The number of benzene rings is 2. The molecule has 0 aliphatic rings. The fraction of sp³-hybridized carbons (Fsp3) is 0.143. The number of carbonyl (C=O) groups excluding carboxylic acids is 1. The molecule has 0 amide bonds. The van der Waals surface area contributed by atoms with Crippen LogP contribution in [0.5, 0.6) is 11.5 Å². The van der Waals surface area contributed by atoms with Gasteiger partial charge in [0.2, 0.25) is 0 Å². The highest BCUT2D eigenvalue weighted by Crippen LogP contribution is 2.27. The van der Waals surface area contributed by atoms with E-state index in [1.807, 2.05) is 12.1 Å². The van der Waals surface area contributed by atoms with Crippen molar-refractivity contribution in [1.29, 1.82) is 0 Å². The van der Waals surface area contributed by atoms with Crippen molar-refractivity contribution in [3.05, 3.63) is 70.4 Å². The van der Waals surface area contributed by atoms with E-state index in [0.717, 1.165) is 5.56 Å². The number of aromatic hydroxyl groups is 1. The maximum Gasteiger partial charge on any atom is 0.187 e. The van der Waals surface area contributed by atoms with Gasteiger partial charge in [-0.3, -0.25) is 9.79 Å². The molecule has 1 heterocycles. The van der Waals surface area contributed by atoms with Crippen molar-refractivity contribution in [2.75, 3.05) is 13.7 Å². The minimum atomic E-state index is -0.148. The van der Waals surface area contributed by atoms with Gasteiger partial charge in [-0.15, -0.1) is 0 Å². The van der Waals surface area contributed by atoms with Gasteiger partial charge in [-0.1, -0.05) is 11.6 Å². The highest BCUT2D eigenvalue weighted by atomic mass is 35.5. The predicted octanol–water partition coefficient (Wildman–Crippen LogP) is 4.92. The smallest absolute Gasteiger partial charge is 0.187 e. The van der Waals surface area contributed by atoms with Crippen LogP contribution in [-0.4, -0.2) is 30.8 Å². The molecule has 0 saturated carbocycles. The number of phenolic OH excluding ortho intramolecular Hbond substituents is 1. The number of aryl methyl sites for hydroxylation is 1. The van der Waals surface area contributed by atoms with Gasteiger partial charge in [-0.05, 0) is 61.0 Å². The molecule has 0 fully saturated rings. The van der Waals surface area contributed by atoms with E-state index in [9.17, 15) is 9.90 Å². The molecule has 0 aliphatic carbocycles. The number of rotatable bonds is 6. The van der Waals surface area contributed by atoms with Crippen molar-refractivity contribution in [3.8, 4) is 22.8 Å². The van der Waals surface area contributed by atoms with Crippen molar-refractivity contribution in [3.63, 3.8) is 0 Å². The molecule has 0 radical (unpaired) electrons. The summed E-state index contributed by atoms with van der Waals surface area (Å²) in [5, 5.41) is 10.4. The SMILES string of the molecule is COc1ccc(C=NCC(=O)c2cc(-c3ccc(Cl)cc3)oc2C)cc1O. The average molecular weight is 384 g/mol. The topological polar surface area (TPSA) is 72.0 Å². The summed E-state index contributed by atoms with van der Waals surface area (Å²) < 4.78 is 10.7. The molecule has 5 nitrogen and oxygen atoms in total. The number of halogens is 1. The molecule has 0 atom stereocenters. The van der Waals surface area contributed by atoms with Crippen LogP contribution >= 0.6 is 11.6 Å². The normalized spacial score (nSPS) is 11.1. The van der Waals surface area contributed by atoms with E-state index in [4.69, 9.17) is 20.8 Å². The second kappa shape index (κ2) is 8.10. The molecule has 138 valence electrons. The summed E-state index contributed by atoms with van der Waals surface area (Å²) in [6.07, 6.45) is 1.53. The molecular formula is C21H18ClNO4. The van der Waals surface area contributed by atoms with Gasteiger partial charge in [-0.2, -0.15) is 0 Å². The second-order valence-corrected chi connectivity index (χ2v) is 6.35. The lowest BCUT2D eigenvalue weighted by Crippen LogP contribution is -2.03. The Morgan fingerprint density at radius 2 is 1.96 bits per heavy atom. The van der Waals surface area contributed by atoms with Crippen LogP contribution in [0.4, 0.5) is 0 Å². The largest absolute Gasteiger partial charge is 0.504 e. The highest BCUT2D eigenvalue weighted by molar-refractivity contribution is 6.30. The van der Waals surface area contributed by atoms with E-state index in [0.29, 0.717) is 33.4 Å². The van der Waals surface area contributed by atoms with Gasteiger partial charge < -0.3 is 14.3 Å². The fourth-order valence-corrected chi connectivity index (χ4v) is 2.75. The van der Waals surface area contributed by atoms with Crippen molar-refractivity contribution < 1.29 is 19.1 Å². The highest BCUT2D eigenvalue weighted by Gasteiger charge is 2.15. The summed E-state index contributed by atoms with van der Waals surface area (Å²) in [6.45, 7) is 1.73. The maximum absolute atomic E-state index is 12.5. The number of ether oxygens (including phenoxy) is 1. The van der Waals surface area contributed by atoms with Gasteiger partial charge in [0.05, 0.1) is 12.7 Å². The fourth-order valence-electron chi connectivity index (χ4n) is 2.62. The zero-order valence-corrected chi connectivity index (χ0v) is 15.7.